The van der Waals surface area contributed by atoms with Crippen molar-refractivity contribution in [2.24, 2.45) is 0 Å². The lowest BCUT2D eigenvalue weighted by Crippen LogP contribution is -2.16. The number of hydrogen-bond donors (Lipinski definition) is 1. The van der Waals surface area contributed by atoms with Gasteiger partial charge in [-0.3, -0.25) is 0 Å². The van der Waals surface area contributed by atoms with Crippen molar-refractivity contribution in [1.82, 2.24) is 5.32 Å². The van der Waals surface area contributed by atoms with Crippen LogP contribution in [0, 0.1) is 17.5 Å². The molecule has 0 amide bonds. The second kappa shape index (κ2) is 8.70. The van der Waals surface area contributed by atoms with Crippen molar-refractivity contribution in [3.63, 3.8) is 0 Å². The first-order chi connectivity index (χ1) is 10.6. The minimum Gasteiger partial charge on any atom is -0.490 e. The molecule has 0 bridgehead atoms. The fourth-order valence-corrected chi connectivity index (χ4v) is 2.45. The van der Waals surface area contributed by atoms with Crippen LogP contribution in [0.4, 0.5) is 13.2 Å². The Morgan fingerprint density at radius 1 is 0.955 bits per heavy atom. The normalized spacial score (nSPS) is 10.7. The average molecular weight is 327 g/mol. The first-order valence-electron chi connectivity index (χ1n) is 6.82. The van der Waals surface area contributed by atoms with E-state index in [1.807, 2.05) is 0 Å². The number of thioether (sulfide) groups is 1. The van der Waals surface area contributed by atoms with Crippen LogP contribution >= 0.6 is 11.8 Å². The van der Waals surface area contributed by atoms with E-state index in [4.69, 9.17) is 4.74 Å². The zero-order valence-electron chi connectivity index (χ0n) is 11.8. The number of benzene rings is 2. The van der Waals surface area contributed by atoms with E-state index in [2.05, 4.69) is 5.32 Å². The first kappa shape index (κ1) is 16.7. The SMILES string of the molecule is Fc1ccc(SCNCCCOc2ccc(F)cc2F)cc1. The summed E-state index contributed by atoms with van der Waals surface area (Å²) in [6.45, 7) is 1.05. The zero-order valence-corrected chi connectivity index (χ0v) is 12.6. The van der Waals surface area contributed by atoms with Gasteiger partial charge in [0.15, 0.2) is 11.6 Å². The third-order valence-electron chi connectivity index (χ3n) is 2.80. The maximum absolute atomic E-state index is 13.3. The predicted octanol–water partition coefficient (Wildman–Crippen LogP) is 4.21. The van der Waals surface area contributed by atoms with E-state index in [1.54, 1.807) is 23.9 Å². The summed E-state index contributed by atoms with van der Waals surface area (Å²) in [4.78, 5) is 0.985. The van der Waals surface area contributed by atoms with Crippen molar-refractivity contribution in [3.8, 4) is 5.75 Å². The smallest absolute Gasteiger partial charge is 0.167 e. The Morgan fingerprint density at radius 2 is 1.68 bits per heavy atom. The van der Waals surface area contributed by atoms with Crippen LogP contribution in [-0.2, 0) is 0 Å². The van der Waals surface area contributed by atoms with Crippen molar-refractivity contribution in [2.75, 3.05) is 19.0 Å². The van der Waals surface area contributed by atoms with Gasteiger partial charge in [-0.25, -0.2) is 13.2 Å². The van der Waals surface area contributed by atoms with E-state index in [1.165, 1.54) is 18.2 Å². The van der Waals surface area contributed by atoms with Crippen molar-refractivity contribution < 1.29 is 17.9 Å². The number of ether oxygens (including phenoxy) is 1. The molecular weight excluding hydrogens is 311 g/mol. The molecule has 2 nitrogen and oxygen atoms in total. The maximum atomic E-state index is 13.3. The lowest BCUT2D eigenvalue weighted by atomic mass is 10.3. The molecule has 0 aromatic heterocycles. The summed E-state index contributed by atoms with van der Waals surface area (Å²) in [5, 5.41) is 3.19. The van der Waals surface area contributed by atoms with Crippen molar-refractivity contribution >= 4 is 11.8 Å². The lowest BCUT2D eigenvalue weighted by Gasteiger charge is -2.08. The fourth-order valence-electron chi connectivity index (χ4n) is 1.71. The highest BCUT2D eigenvalue weighted by molar-refractivity contribution is 7.99. The summed E-state index contributed by atoms with van der Waals surface area (Å²) >= 11 is 1.57. The molecule has 1 N–H and O–H groups in total. The number of rotatable bonds is 8. The molecule has 0 heterocycles. The first-order valence-corrected chi connectivity index (χ1v) is 7.80. The van der Waals surface area contributed by atoms with Crippen LogP contribution in [0.5, 0.6) is 5.75 Å². The minimum atomic E-state index is -0.695. The highest BCUT2D eigenvalue weighted by Gasteiger charge is 2.04. The molecule has 6 heteroatoms. The predicted molar refractivity (Wildman–Crippen MR) is 81.6 cm³/mol. The molecule has 0 aliphatic heterocycles. The molecule has 2 rings (SSSR count). The summed E-state index contributed by atoms with van der Waals surface area (Å²) < 4.78 is 44.0. The molecule has 0 unspecified atom stereocenters. The van der Waals surface area contributed by atoms with Crippen LogP contribution in [0.2, 0.25) is 0 Å². The van der Waals surface area contributed by atoms with Gasteiger partial charge in [-0.2, -0.15) is 0 Å². The molecule has 2 aromatic rings. The van der Waals surface area contributed by atoms with Crippen molar-refractivity contribution in [1.29, 1.82) is 0 Å². The Labute approximate surface area is 131 Å². The number of halogens is 3. The summed E-state index contributed by atoms with van der Waals surface area (Å²) in [7, 11) is 0. The summed E-state index contributed by atoms with van der Waals surface area (Å²) in [6, 6.07) is 9.54. The van der Waals surface area contributed by atoms with E-state index in [0.717, 1.165) is 17.0 Å². The third kappa shape index (κ3) is 5.61. The van der Waals surface area contributed by atoms with Crippen LogP contribution in [0.3, 0.4) is 0 Å². The highest BCUT2D eigenvalue weighted by Crippen LogP contribution is 2.18. The Bertz CT molecular complexity index is 592. The van der Waals surface area contributed by atoms with E-state index >= 15 is 0 Å². The van der Waals surface area contributed by atoms with Gasteiger partial charge in [0.05, 0.1) is 6.61 Å². The quantitative estimate of drug-likeness (QED) is 0.446. The molecule has 22 heavy (non-hydrogen) atoms. The second-order valence-corrected chi connectivity index (χ2v) is 5.57. The largest absolute Gasteiger partial charge is 0.490 e. The van der Waals surface area contributed by atoms with E-state index in [-0.39, 0.29) is 11.6 Å². The Morgan fingerprint density at radius 3 is 2.41 bits per heavy atom. The molecular formula is C16H16F3NOS. The molecule has 0 saturated carbocycles. The molecule has 0 atom stereocenters. The van der Waals surface area contributed by atoms with Crippen LogP contribution in [0.15, 0.2) is 47.4 Å². The average Bonchev–Trinajstić information content (AvgIpc) is 2.50. The third-order valence-corrected chi connectivity index (χ3v) is 3.76. The van der Waals surface area contributed by atoms with Gasteiger partial charge in [-0.05, 0) is 49.4 Å². The van der Waals surface area contributed by atoms with E-state index in [9.17, 15) is 13.2 Å². The van der Waals surface area contributed by atoms with Gasteiger partial charge >= 0.3 is 0 Å². The zero-order chi connectivity index (χ0) is 15.8. The van der Waals surface area contributed by atoms with Gasteiger partial charge in [-0.1, -0.05) is 0 Å². The van der Waals surface area contributed by atoms with Crippen LogP contribution in [0.1, 0.15) is 6.42 Å². The standard InChI is InChI=1S/C16H16F3NOS/c17-12-2-5-14(6-3-12)22-11-20-8-1-9-21-16-7-4-13(18)10-15(16)19/h2-7,10,20H,1,8-9,11H2. The van der Waals surface area contributed by atoms with Crippen LogP contribution in [-0.4, -0.2) is 19.0 Å². The van der Waals surface area contributed by atoms with E-state index < -0.39 is 11.6 Å². The minimum absolute atomic E-state index is 0.0575. The maximum Gasteiger partial charge on any atom is 0.167 e. The molecule has 0 aliphatic rings. The van der Waals surface area contributed by atoms with Crippen LogP contribution < -0.4 is 10.1 Å². The Kier molecular flexibility index (Phi) is 6.61. The molecule has 0 radical (unpaired) electrons. The van der Waals surface area contributed by atoms with Crippen molar-refractivity contribution in [3.05, 3.63) is 59.9 Å². The highest BCUT2D eigenvalue weighted by atomic mass is 32.2. The molecule has 0 aliphatic carbocycles. The van der Waals surface area contributed by atoms with Gasteiger partial charge < -0.3 is 10.1 Å². The Balaban J connectivity index is 1.57. The monoisotopic (exact) mass is 327 g/mol. The number of hydrogen-bond acceptors (Lipinski definition) is 3. The van der Waals surface area contributed by atoms with Gasteiger partial charge in [0, 0.05) is 16.8 Å². The lowest BCUT2D eigenvalue weighted by molar-refractivity contribution is 0.293. The molecule has 2 aromatic carbocycles. The van der Waals surface area contributed by atoms with Gasteiger partial charge in [0.25, 0.3) is 0 Å². The second-order valence-electron chi connectivity index (χ2n) is 4.52. The summed E-state index contributed by atoms with van der Waals surface area (Å²) in [5.41, 5.74) is 0. The Hall–Kier alpha value is -1.66. The molecule has 0 spiro atoms. The van der Waals surface area contributed by atoms with Gasteiger partial charge in [-0.15, -0.1) is 11.8 Å². The van der Waals surface area contributed by atoms with Gasteiger partial charge in [0.1, 0.15) is 11.6 Å². The molecule has 0 fully saturated rings. The fraction of sp³-hybridized carbons (Fsp3) is 0.250. The molecule has 118 valence electrons. The molecule has 0 saturated heterocycles. The topological polar surface area (TPSA) is 21.3 Å². The van der Waals surface area contributed by atoms with Gasteiger partial charge in [0.2, 0.25) is 0 Å². The summed E-state index contributed by atoms with van der Waals surface area (Å²) in [5.74, 6) is -0.815. The summed E-state index contributed by atoms with van der Waals surface area (Å²) in [6.07, 6.45) is 0.695. The van der Waals surface area contributed by atoms with Crippen molar-refractivity contribution in [2.45, 2.75) is 11.3 Å². The number of nitrogens with one attached hydrogen (secondary N) is 1. The van der Waals surface area contributed by atoms with Crippen LogP contribution in [0.25, 0.3) is 0 Å². The van der Waals surface area contributed by atoms with E-state index in [0.29, 0.717) is 25.4 Å².